The average Bonchev–Trinajstić information content (AvgIpc) is 2.34. The van der Waals surface area contributed by atoms with Gasteiger partial charge in [0.15, 0.2) is 0 Å². The van der Waals surface area contributed by atoms with Crippen LogP contribution < -0.4 is 5.73 Å². The van der Waals surface area contributed by atoms with Gasteiger partial charge in [0.25, 0.3) is 0 Å². The van der Waals surface area contributed by atoms with Crippen molar-refractivity contribution in [1.29, 1.82) is 0 Å². The van der Waals surface area contributed by atoms with Crippen molar-refractivity contribution in [2.24, 2.45) is 5.73 Å². The molecule has 0 saturated carbocycles. The molecule has 5 heteroatoms. The van der Waals surface area contributed by atoms with E-state index in [9.17, 15) is 13.2 Å². The van der Waals surface area contributed by atoms with Gasteiger partial charge in [-0.3, -0.25) is 4.90 Å². The first-order valence-electron chi connectivity index (χ1n) is 6.01. The highest BCUT2D eigenvalue weighted by Gasteiger charge is 2.29. The Bertz CT molecular complexity index is 458. The quantitative estimate of drug-likeness (QED) is 0.851. The number of halogens is 3. The van der Waals surface area contributed by atoms with Crippen LogP contribution in [0.25, 0.3) is 0 Å². The molecule has 0 aliphatic carbocycles. The number of alkyl halides is 3. The highest BCUT2D eigenvalue weighted by molar-refractivity contribution is 5.37. The van der Waals surface area contributed by atoms with E-state index in [2.05, 4.69) is 11.8 Å². The Balaban J connectivity index is 2.74. The number of benzene rings is 1. The molecule has 0 spiro atoms. The fourth-order valence-corrected chi connectivity index (χ4v) is 1.69. The summed E-state index contributed by atoms with van der Waals surface area (Å²) < 4.78 is 37.1. The Morgan fingerprint density at radius 2 is 2.05 bits per heavy atom. The second kappa shape index (κ2) is 7.17. The Morgan fingerprint density at radius 3 is 2.63 bits per heavy atom. The molecule has 1 aromatic carbocycles. The normalized spacial score (nSPS) is 11.3. The molecule has 0 bridgehead atoms. The number of hydrogen-bond acceptors (Lipinski definition) is 2. The van der Waals surface area contributed by atoms with Gasteiger partial charge in [-0.1, -0.05) is 30.9 Å². The number of rotatable bonds is 4. The van der Waals surface area contributed by atoms with Crippen molar-refractivity contribution >= 4 is 0 Å². The van der Waals surface area contributed by atoms with Crippen LogP contribution in [0.3, 0.4) is 0 Å². The predicted octanol–water partition coefficient (Wildman–Crippen LogP) is 2.38. The number of nitrogens with zero attached hydrogens (tertiary/aromatic N) is 1. The maximum Gasteiger partial charge on any atom is 0.401 e. The first kappa shape index (κ1) is 15.5. The molecule has 0 atom stereocenters. The van der Waals surface area contributed by atoms with Crippen molar-refractivity contribution in [3.05, 3.63) is 35.4 Å². The van der Waals surface area contributed by atoms with Gasteiger partial charge in [-0.25, -0.2) is 0 Å². The molecule has 1 aromatic rings. The van der Waals surface area contributed by atoms with Gasteiger partial charge in [-0.2, -0.15) is 13.2 Å². The lowest BCUT2D eigenvalue weighted by Crippen LogP contribution is -2.33. The minimum atomic E-state index is -4.17. The molecule has 2 N–H and O–H groups in total. The molecule has 1 rings (SSSR count). The van der Waals surface area contributed by atoms with E-state index in [1.807, 2.05) is 6.07 Å². The summed E-state index contributed by atoms with van der Waals surface area (Å²) in [5.74, 6) is 5.59. The van der Waals surface area contributed by atoms with Gasteiger partial charge in [0.2, 0.25) is 0 Å². The Hall–Kier alpha value is -1.51. The van der Waals surface area contributed by atoms with Gasteiger partial charge in [-0.05, 0) is 24.2 Å². The first-order chi connectivity index (χ1) is 8.94. The lowest BCUT2D eigenvalue weighted by molar-refractivity contribution is -0.146. The third-order valence-electron chi connectivity index (χ3n) is 2.52. The minimum Gasteiger partial charge on any atom is -0.320 e. The summed E-state index contributed by atoms with van der Waals surface area (Å²) in [5.41, 5.74) is 6.86. The molecule has 19 heavy (non-hydrogen) atoms. The van der Waals surface area contributed by atoms with Gasteiger partial charge in [0, 0.05) is 12.1 Å². The van der Waals surface area contributed by atoms with E-state index in [0.717, 1.165) is 11.1 Å². The van der Waals surface area contributed by atoms with Crippen molar-refractivity contribution in [2.45, 2.75) is 19.6 Å². The summed E-state index contributed by atoms with van der Waals surface area (Å²) in [4.78, 5) is 1.34. The summed E-state index contributed by atoms with van der Waals surface area (Å²) in [6.07, 6.45) is -4.17. The molecular formula is C14H17F3N2. The molecule has 0 fully saturated rings. The van der Waals surface area contributed by atoms with Crippen LogP contribution >= 0.6 is 0 Å². The van der Waals surface area contributed by atoms with E-state index >= 15 is 0 Å². The van der Waals surface area contributed by atoms with Crippen LogP contribution in [0.1, 0.15) is 18.1 Å². The van der Waals surface area contributed by atoms with Gasteiger partial charge >= 0.3 is 6.18 Å². The van der Waals surface area contributed by atoms with Crippen LogP contribution in [0, 0.1) is 11.8 Å². The van der Waals surface area contributed by atoms with Crippen LogP contribution in [0.15, 0.2) is 24.3 Å². The van der Waals surface area contributed by atoms with Crippen LogP contribution in [-0.2, 0) is 6.54 Å². The Kier molecular flexibility index (Phi) is 5.87. The summed E-state index contributed by atoms with van der Waals surface area (Å²) >= 11 is 0. The molecule has 0 heterocycles. The van der Waals surface area contributed by atoms with Crippen molar-refractivity contribution in [2.75, 3.05) is 19.6 Å². The van der Waals surface area contributed by atoms with Crippen LogP contribution in [0.5, 0.6) is 0 Å². The predicted molar refractivity (Wildman–Crippen MR) is 69.4 cm³/mol. The summed E-state index contributed by atoms with van der Waals surface area (Å²) in [7, 11) is 0. The number of hydrogen-bond donors (Lipinski definition) is 1. The molecule has 0 aliphatic heterocycles. The van der Waals surface area contributed by atoms with E-state index in [1.165, 1.54) is 4.90 Å². The zero-order valence-corrected chi connectivity index (χ0v) is 10.8. The van der Waals surface area contributed by atoms with Crippen molar-refractivity contribution < 1.29 is 13.2 Å². The molecular weight excluding hydrogens is 253 g/mol. The third-order valence-corrected chi connectivity index (χ3v) is 2.52. The Labute approximate surface area is 111 Å². The summed E-state index contributed by atoms with van der Waals surface area (Å²) in [5, 5.41) is 0. The molecule has 0 unspecified atom stereocenters. The second-order valence-corrected chi connectivity index (χ2v) is 4.12. The first-order valence-corrected chi connectivity index (χ1v) is 6.01. The van der Waals surface area contributed by atoms with E-state index in [1.54, 1.807) is 25.1 Å². The highest BCUT2D eigenvalue weighted by Crippen LogP contribution is 2.18. The summed E-state index contributed by atoms with van der Waals surface area (Å²) in [6.45, 7) is 1.68. The minimum absolute atomic E-state index is 0.258. The highest BCUT2D eigenvalue weighted by atomic mass is 19.4. The zero-order valence-electron chi connectivity index (χ0n) is 10.8. The number of nitrogens with two attached hydrogens (primary N) is 1. The molecule has 0 aromatic heterocycles. The van der Waals surface area contributed by atoms with Gasteiger partial charge in [-0.15, -0.1) is 0 Å². The van der Waals surface area contributed by atoms with Crippen molar-refractivity contribution in [1.82, 2.24) is 4.90 Å². The topological polar surface area (TPSA) is 29.3 Å². The third kappa shape index (κ3) is 6.27. The van der Waals surface area contributed by atoms with E-state index in [0.29, 0.717) is 6.54 Å². The smallest absolute Gasteiger partial charge is 0.320 e. The fraction of sp³-hybridized carbons (Fsp3) is 0.429. The van der Waals surface area contributed by atoms with Crippen LogP contribution in [0.4, 0.5) is 13.2 Å². The molecule has 0 saturated heterocycles. The fourth-order valence-electron chi connectivity index (χ4n) is 1.69. The lowest BCUT2D eigenvalue weighted by Gasteiger charge is -2.21. The van der Waals surface area contributed by atoms with E-state index < -0.39 is 12.7 Å². The van der Waals surface area contributed by atoms with Crippen molar-refractivity contribution in [3.63, 3.8) is 0 Å². The van der Waals surface area contributed by atoms with Crippen LogP contribution in [-0.4, -0.2) is 30.7 Å². The van der Waals surface area contributed by atoms with E-state index in [-0.39, 0.29) is 13.1 Å². The van der Waals surface area contributed by atoms with E-state index in [4.69, 9.17) is 5.73 Å². The SMILES string of the molecule is CCN(Cc1cccc(C#CCN)c1)CC(F)(F)F. The molecule has 104 valence electrons. The molecule has 0 aliphatic rings. The Morgan fingerprint density at radius 1 is 1.32 bits per heavy atom. The zero-order chi connectivity index (χ0) is 14.3. The molecule has 0 radical (unpaired) electrons. The van der Waals surface area contributed by atoms with Gasteiger partial charge < -0.3 is 5.73 Å². The van der Waals surface area contributed by atoms with Gasteiger partial charge in [0.05, 0.1) is 13.1 Å². The molecule has 2 nitrogen and oxygen atoms in total. The largest absolute Gasteiger partial charge is 0.401 e. The molecule has 0 amide bonds. The second-order valence-electron chi connectivity index (χ2n) is 4.12. The van der Waals surface area contributed by atoms with Crippen molar-refractivity contribution in [3.8, 4) is 11.8 Å². The lowest BCUT2D eigenvalue weighted by atomic mass is 10.1. The maximum atomic E-state index is 12.4. The standard InChI is InChI=1S/C14H17F3N2/c1-2-19(11-14(15,16)17)10-13-6-3-5-12(9-13)7-4-8-18/h3,5-6,9H,2,8,10-11,18H2,1H3. The maximum absolute atomic E-state index is 12.4. The summed E-state index contributed by atoms with van der Waals surface area (Å²) in [6, 6.07) is 7.19. The monoisotopic (exact) mass is 270 g/mol. The van der Waals surface area contributed by atoms with Gasteiger partial charge in [0.1, 0.15) is 0 Å². The average molecular weight is 270 g/mol. The van der Waals surface area contributed by atoms with Crippen LogP contribution in [0.2, 0.25) is 0 Å².